The Bertz CT molecular complexity index is 786. The summed E-state index contributed by atoms with van der Waals surface area (Å²) < 4.78 is 9.73. The molecular formula is C19H14Cl4O5. The topological polar surface area (TPSA) is 69.7 Å². The fourth-order valence-corrected chi connectivity index (χ4v) is 3.22. The van der Waals surface area contributed by atoms with Crippen molar-refractivity contribution in [3.05, 3.63) is 67.6 Å². The van der Waals surface area contributed by atoms with Crippen LogP contribution in [0.25, 0.3) is 0 Å². The fraction of sp³-hybridized carbons (Fsp3) is 0.211. The van der Waals surface area contributed by atoms with Crippen LogP contribution < -0.4 is 0 Å². The number of esters is 2. The van der Waals surface area contributed by atoms with Crippen molar-refractivity contribution in [1.29, 1.82) is 0 Å². The van der Waals surface area contributed by atoms with Crippen LogP contribution in [-0.4, -0.2) is 30.9 Å². The molecule has 0 spiro atoms. The highest BCUT2D eigenvalue weighted by atomic mass is 35.5. The number of Topliss-reactive ketones (excluding diaryl/α,β-unsaturated/α-hetero) is 1. The maximum Gasteiger partial charge on any atom is 0.310 e. The number of hydrogen-bond acceptors (Lipinski definition) is 5. The first-order valence-corrected chi connectivity index (χ1v) is 9.48. The van der Waals surface area contributed by atoms with Gasteiger partial charge in [-0.05, 0) is 24.3 Å². The van der Waals surface area contributed by atoms with Crippen molar-refractivity contribution in [1.82, 2.24) is 0 Å². The smallest absolute Gasteiger partial charge is 0.310 e. The van der Waals surface area contributed by atoms with Gasteiger partial charge >= 0.3 is 11.9 Å². The van der Waals surface area contributed by atoms with E-state index in [1.807, 2.05) is 0 Å². The van der Waals surface area contributed by atoms with Crippen LogP contribution in [0.1, 0.15) is 11.1 Å². The van der Waals surface area contributed by atoms with Crippen LogP contribution in [-0.2, 0) is 36.7 Å². The zero-order valence-electron chi connectivity index (χ0n) is 14.3. The number of carbonyl (C=O) groups is 3. The molecule has 0 bridgehead atoms. The Hall–Kier alpha value is -1.79. The van der Waals surface area contributed by atoms with Gasteiger partial charge in [-0.15, -0.1) is 0 Å². The SMILES string of the molecule is O=C(COC(=O)Cc1c(Cl)cccc1Cl)COC(=O)Cc1c(Cl)cccc1Cl. The molecule has 9 heteroatoms. The van der Waals surface area contributed by atoms with E-state index in [0.717, 1.165) is 0 Å². The second-order valence-electron chi connectivity index (χ2n) is 5.61. The van der Waals surface area contributed by atoms with E-state index in [0.29, 0.717) is 31.2 Å². The van der Waals surface area contributed by atoms with Crippen LogP contribution >= 0.6 is 46.4 Å². The van der Waals surface area contributed by atoms with Crippen molar-refractivity contribution >= 4 is 64.1 Å². The van der Waals surface area contributed by atoms with Crippen LogP contribution in [0.5, 0.6) is 0 Å². The average Bonchev–Trinajstić information content (AvgIpc) is 2.64. The van der Waals surface area contributed by atoms with E-state index in [1.165, 1.54) is 0 Å². The van der Waals surface area contributed by atoms with Gasteiger partial charge in [-0.2, -0.15) is 0 Å². The number of ether oxygens (including phenoxy) is 2. The Kier molecular flexibility index (Phi) is 8.58. The largest absolute Gasteiger partial charge is 0.457 e. The number of ketones is 1. The summed E-state index contributed by atoms with van der Waals surface area (Å²) in [5, 5.41) is 1.29. The minimum absolute atomic E-state index is 0.184. The minimum atomic E-state index is -0.683. The van der Waals surface area contributed by atoms with Gasteiger partial charge in [-0.1, -0.05) is 58.5 Å². The lowest BCUT2D eigenvalue weighted by molar-refractivity contribution is -0.152. The fourth-order valence-electron chi connectivity index (χ4n) is 2.16. The molecule has 148 valence electrons. The van der Waals surface area contributed by atoms with Gasteiger partial charge in [0.05, 0.1) is 12.8 Å². The van der Waals surface area contributed by atoms with Gasteiger partial charge in [0.15, 0.2) is 13.2 Å². The molecule has 2 aromatic rings. The van der Waals surface area contributed by atoms with Crippen LogP contribution in [0.3, 0.4) is 0 Å². The summed E-state index contributed by atoms with van der Waals surface area (Å²) in [7, 11) is 0. The molecule has 5 nitrogen and oxygen atoms in total. The monoisotopic (exact) mass is 462 g/mol. The van der Waals surface area contributed by atoms with Gasteiger partial charge in [0.25, 0.3) is 0 Å². The molecule has 2 aromatic carbocycles. The first-order chi connectivity index (χ1) is 13.3. The molecular weight excluding hydrogens is 450 g/mol. The minimum Gasteiger partial charge on any atom is -0.457 e. The van der Waals surface area contributed by atoms with Crippen molar-refractivity contribution in [3.63, 3.8) is 0 Å². The quantitative estimate of drug-likeness (QED) is 0.528. The van der Waals surface area contributed by atoms with E-state index in [1.54, 1.807) is 36.4 Å². The van der Waals surface area contributed by atoms with Crippen LogP contribution in [0.2, 0.25) is 20.1 Å². The van der Waals surface area contributed by atoms with Gasteiger partial charge in [-0.25, -0.2) is 0 Å². The first-order valence-electron chi connectivity index (χ1n) is 7.96. The summed E-state index contributed by atoms with van der Waals surface area (Å²) in [5.41, 5.74) is 0.817. The van der Waals surface area contributed by atoms with E-state index in [-0.39, 0.29) is 12.8 Å². The molecule has 0 aliphatic heterocycles. The lowest BCUT2D eigenvalue weighted by Gasteiger charge is -2.09. The lowest BCUT2D eigenvalue weighted by Crippen LogP contribution is -2.22. The number of hydrogen-bond donors (Lipinski definition) is 0. The number of halogens is 4. The van der Waals surface area contributed by atoms with Crippen molar-refractivity contribution in [2.45, 2.75) is 12.8 Å². The maximum atomic E-state index is 11.8. The van der Waals surface area contributed by atoms with E-state index >= 15 is 0 Å². The van der Waals surface area contributed by atoms with Crippen LogP contribution in [0, 0.1) is 0 Å². The van der Waals surface area contributed by atoms with Gasteiger partial charge in [-0.3, -0.25) is 14.4 Å². The summed E-state index contributed by atoms with van der Waals surface area (Å²) in [4.78, 5) is 35.5. The molecule has 0 aliphatic carbocycles. The Labute approximate surface area is 181 Å². The summed E-state index contributed by atoms with van der Waals surface area (Å²) in [6.07, 6.45) is -0.368. The summed E-state index contributed by atoms with van der Waals surface area (Å²) in [6, 6.07) is 9.65. The van der Waals surface area contributed by atoms with Gasteiger partial charge in [0.2, 0.25) is 5.78 Å². The van der Waals surface area contributed by atoms with E-state index in [4.69, 9.17) is 55.9 Å². The highest BCUT2D eigenvalue weighted by Gasteiger charge is 2.16. The molecule has 0 radical (unpaired) electrons. The summed E-state index contributed by atoms with van der Waals surface area (Å²) in [6.45, 7) is -1.08. The van der Waals surface area contributed by atoms with Crippen molar-refractivity contribution in [3.8, 4) is 0 Å². The standard InChI is InChI=1S/C19H14Cl4O5/c20-14-3-1-4-15(21)12(14)7-18(25)27-9-11(24)10-28-19(26)8-13-16(22)5-2-6-17(13)23/h1-6H,7-10H2. The molecule has 28 heavy (non-hydrogen) atoms. The normalized spacial score (nSPS) is 10.4. The third-order valence-electron chi connectivity index (χ3n) is 3.55. The summed E-state index contributed by atoms with van der Waals surface area (Å²) >= 11 is 23.9. The zero-order chi connectivity index (χ0) is 20.7. The van der Waals surface area contributed by atoms with E-state index < -0.39 is 30.9 Å². The molecule has 2 rings (SSSR count). The van der Waals surface area contributed by atoms with Gasteiger partial charge < -0.3 is 9.47 Å². The molecule has 0 aliphatic rings. The summed E-state index contributed by atoms with van der Waals surface area (Å²) in [5.74, 6) is -1.95. The molecule has 0 atom stereocenters. The van der Waals surface area contributed by atoms with Crippen LogP contribution in [0.4, 0.5) is 0 Å². The number of benzene rings is 2. The Balaban J connectivity index is 1.76. The number of rotatable bonds is 8. The van der Waals surface area contributed by atoms with Crippen molar-refractivity contribution in [2.75, 3.05) is 13.2 Å². The van der Waals surface area contributed by atoms with E-state index in [9.17, 15) is 14.4 Å². The van der Waals surface area contributed by atoms with Gasteiger partial charge in [0.1, 0.15) is 0 Å². The second kappa shape index (κ2) is 10.7. The Morgan fingerprint density at radius 1 is 0.643 bits per heavy atom. The molecule has 0 aromatic heterocycles. The maximum absolute atomic E-state index is 11.8. The van der Waals surface area contributed by atoms with Crippen LogP contribution in [0.15, 0.2) is 36.4 Å². The molecule has 0 amide bonds. The Morgan fingerprint density at radius 3 is 1.29 bits per heavy atom. The predicted molar refractivity (Wildman–Crippen MR) is 107 cm³/mol. The van der Waals surface area contributed by atoms with Crippen molar-refractivity contribution in [2.24, 2.45) is 0 Å². The number of carbonyl (C=O) groups excluding carboxylic acids is 3. The highest BCUT2D eigenvalue weighted by molar-refractivity contribution is 6.36. The third kappa shape index (κ3) is 6.67. The molecule has 0 unspecified atom stereocenters. The lowest BCUT2D eigenvalue weighted by atomic mass is 10.1. The molecule has 0 fully saturated rings. The molecule has 0 heterocycles. The second-order valence-corrected chi connectivity index (χ2v) is 7.24. The predicted octanol–water partition coefficient (Wildman–Crippen LogP) is 4.74. The van der Waals surface area contributed by atoms with Gasteiger partial charge in [0, 0.05) is 31.2 Å². The average molecular weight is 464 g/mol. The molecule has 0 saturated carbocycles. The highest BCUT2D eigenvalue weighted by Crippen LogP contribution is 2.25. The van der Waals surface area contributed by atoms with Crippen molar-refractivity contribution < 1.29 is 23.9 Å². The van der Waals surface area contributed by atoms with E-state index in [2.05, 4.69) is 0 Å². The molecule has 0 N–H and O–H groups in total. The Morgan fingerprint density at radius 2 is 0.964 bits per heavy atom. The zero-order valence-corrected chi connectivity index (χ0v) is 17.4. The third-order valence-corrected chi connectivity index (χ3v) is 4.97. The first kappa shape index (κ1) is 22.5. The molecule has 0 saturated heterocycles.